The molecule has 3 N–H and O–H groups in total. The van der Waals surface area contributed by atoms with Crippen molar-refractivity contribution >= 4 is 11.8 Å². The van der Waals surface area contributed by atoms with E-state index in [4.69, 9.17) is 5.73 Å². The van der Waals surface area contributed by atoms with Gasteiger partial charge in [-0.25, -0.2) is 0 Å². The van der Waals surface area contributed by atoms with Crippen LogP contribution in [0.2, 0.25) is 0 Å². The summed E-state index contributed by atoms with van der Waals surface area (Å²) in [5.74, 6) is 0. The zero-order valence-electron chi connectivity index (χ0n) is 5.74. The topological polar surface area (TPSA) is 67.6 Å². The van der Waals surface area contributed by atoms with E-state index >= 15 is 0 Å². The van der Waals surface area contributed by atoms with E-state index in [0.717, 1.165) is 11.4 Å². The molecule has 10 heavy (non-hydrogen) atoms. The minimum atomic E-state index is 0.130. The van der Waals surface area contributed by atoms with Crippen LogP contribution in [0.3, 0.4) is 0 Å². The van der Waals surface area contributed by atoms with Gasteiger partial charge in [-0.1, -0.05) is 18.7 Å². The maximum atomic E-state index is 5.65. The van der Waals surface area contributed by atoms with Gasteiger partial charge in [0, 0.05) is 0 Å². The first-order chi connectivity index (χ1) is 4.83. The summed E-state index contributed by atoms with van der Waals surface area (Å²) in [6, 6.07) is 0. The van der Waals surface area contributed by atoms with E-state index in [9.17, 15) is 0 Å². The fraction of sp³-hybridized carbons (Fsp3) is 0.600. The van der Waals surface area contributed by atoms with Crippen molar-refractivity contribution in [2.75, 3.05) is 0 Å². The third-order valence-corrected chi connectivity index (χ3v) is 2.14. The van der Waals surface area contributed by atoms with Gasteiger partial charge in [0.2, 0.25) is 0 Å². The fourth-order valence-corrected chi connectivity index (χ4v) is 1.17. The molecular formula is C5H10N4S. The van der Waals surface area contributed by atoms with Crippen LogP contribution in [0, 0.1) is 0 Å². The van der Waals surface area contributed by atoms with Gasteiger partial charge in [-0.3, -0.25) is 0 Å². The van der Waals surface area contributed by atoms with Crippen molar-refractivity contribution in [1.82, 2.24) is 15.4 Å². The minimum Gasteiger partial charge on any atom is -0.319 e. The third kappa shape index (κ3) is 2.00. The lowest BCUT2D eigenvalue weighted by Crippen LogP contribution is -2.12. The molecule has 0 radical (unpaired) electrons. The van der Waals surface area contributed by atoms with Crippen LogP contribution in [0.4, 0.5) is 0 Å². The zero-order chi connectivity index (χ0) is 7.40. The lowest BCUT2D eigenvalue weighted by atomic mass is 10.5. The Bertz CT molecular complexity index is 174. The molecule has 1 rings (SSSR count). The largest absolute Gasteiger partial charge is 0.319 e. The highest BCUT2D eigenvalue weighted by Gasteiger charge is 2.02. The summed E-state index contributed by atoms with van der Waals surface area (Å²) in [6.07, 6.45) is 2.61. The number of thioether (sulfide) groups is 1. The number of H-pyrrole nitrogens is 1. The first-order valence-electron chi connectivity index (χ1n) is 3.11. The van der Waals surface area contributed by atoms with E-state index < -0.39 is 0 Å². The van der Waals surface area contributed by atoms with Crippen LogP contribution in [0.5, 0.6) is 0 Å². The molecule has 4 nitrogen and oxygen atoms in total. The molecule has 1 unspecified atom stereocenters. The fourth-order valence-electron chi connectivity index (χ4n) is 0.486. The summed E-state index contributed by atoms with van der Waals surface area (Å²) in [5, 5.41) is 11.0. The highest BCUT2D eigenvalue weighted by molar-refractivity contribution is 7.99. The standard InChI is InChI=1S/C5H10N4S/c1-2-4(6)10-5-3-7-9-8-5/h3-4H,2,6H2,1H3,(H,7,8,9). The Morgan fingerprint density at radius 1 is 1.90 bits per heavy atom. The number of hydrogen-bond donors (Lipinski definition) is 2. The van der Waals surface area contributed by atoms with E-state index in [-0.39, 0.29) is 5.37 Å². The van der Waals surface area contributed by atoms with Gasteiger partial charge in [-0.2, -0.15) is 10.3 Å². The van der Waals surface area contributed by atoms with Crippen LogP contribution in [0.1, 0.15) is 13.3 Å². The molecular weight excluding hydrogens is 148 g/mol. The lowest BCUT2D eigenvalue weighted by molar-refractivity contribution is 0.859. The summed E-state index contributed by atoms with van der Waals surface area (Å²) in [7, 11) is 0. The van der Waals surface area contributed by atoms with Gasteiger partial charge in [-0.15, -0.1) is 5.10 Å². The number of aromatic nitrogens is 3. The average molecular weight is 158 g/mol. The molecule has 1 aromatic rings. The molecule has 0 aliphatic rings. The highest BCUT2D eigenvalue weighted by atomic mass is 32.2. The maximum Gasteiger partial charge on any atom is 0.140 e. The molecule has 0 bridgehead atoms. The van der Waals surface area contributed by atoms with E-state index in [2.05, 4.69) is 15.4 Å². The molecule has 0 aliphatic heterocycles. The minimum absolute atomic E-state index is 0.130. The summed E-state index contributed by atoms with van der Waals surface area (Å²) in [5.41, 5.74) is 5.65. The maximum absolute atomic E-state index is 5.65. The van der Waals surface area contributed by atoms with E-state index in [1.54, 1.807) is 6.20 Å². The Morgan fingerprint density at radius 3 is 3.20 bits per heavy atom. The predicted molar refractivity (Wildman–Crippen MR) is 40.5 cm³/mol. The number of hydrogen-bond acceptors (Lipinski definition) is 4. The molecule has 1 atom stereocenters. The van der Waals surface area contributed by atoms with Crippen molar-refractivity contribution in [3.63, 3.8) is 0 Å². The average Bonchev–Trinajstić information content (AvgIpc) is 2.40. The molecule has 0 fully saturated rings. The van der Waals surface area contributed by atoms with Gasteiger partial charge in [0.15, 0.2) is 0 Å². The quantitative estimate of drug-likeness (QED) is 0.499. The second-order valence-electron chi connectivity index (χ2n) is 1.87. The molecule has 0 saturated carbocycles. The lowest BCUT2D eigenvalue weighted by Gasteiger charge is -2.02. The SMILES string of the molecule is CCC(N)Sc1cn[nH]n1. The molecule has 0 aromatic carbocycles. The predicted octanol–water partition coefficient (Wildman–Crippen LogP) is 0.592. The van der Waals surface area contributed by atoms with Crippen molar-refractivity contribution in [1.29, 1.82) is 0 Å². The molecule has 5 heteroatoms. The van der Waals surface area contributed by atoms with E-state index in [1.807, 2.05) is 6.92 Å². The Labute approximate surface area is 63.6 Å². The highest BCUT2D eigenvalue weighted by Crippen LogP contribution is 2.17. The van der Waals surface area contributed by atoms with Gasteiger partial charge < -0.3 is 5.73 Å². The molecule has 1 aromatic heterocycles. The Balaban J connectivity index is 2.40. The zero-order valence-corrected chi connectivity index (χ0v) is 6.56. The number of nitrogens with one attached hydrogen (secondary N) is 1. The summed E-state index contributed by atoms with van der Waals surface area (Å²) in [4.78, 5) is 0. The van der Waals surface area contributed by atoms with Crippen molar-refractivity contribution in [2.45, 2.75) is 23.7 Å². The number of nitrogens with two attached hydrogens (primary N) is 1. The van der Waals surface area contributed by atoms with Gasteiger partial charge in [-0.05, 0) is 6.42 Å². The van der Waals surface area contributed by atoms with Crippen LogP contribution in [-0.4, -0.2) is 20.8 Å². The first-order valence-corrected chi connectivity index (χ1v) is 3.99. The van der Waals surface area contributed by atoms with Gasteiger partial charge >= 0.3 is 0 Å². The first kappa shape index (κ1) is 7.56. The second kappa shape index (κ2) is 3.58. The molecule has 0 spiro atoms. The smallest absolute Gasteiger partial charge is 0.140 e. The van der Waals surface area contributed by atoms with E-state index in [0.29, 0.717) is 0 Å². The van der Waals surface area contributed by atoms with E-state index in [1.165, 1.54) is 11.8 Å². The normalized spacial score (nSPS) is 13.4. The van der Waals surface area contributed by atoms with Gasteiger partial charge in [0.05, 0.1) is 11.6 Å². The molecule has 0 aliphatic carbocycles. The van der Waals surface area contributed by atoms with Gasteiger partial charge in [0.1, 0.15) is 5.03 Å². The molecule has 0 amide bonds. The Hall–Kier alpha value is -0.550. The number of nitrogens with zero attached hydrogens (tertiary/aromatic N) is 2. The summed E-state index contributed by atoms with van der Waals surface area (Å²) >= 11 is 1.52. The monoisotopic (exact) mass is 158 g/mol. The van der Waals surface area contributed by atoms with Crippen LogP contribution < -0.4 is 5.73 Å². The molecule has 1 heterocycles. The second-order valence-corrected chi connectivity index (χ2v) is 3.13. The van der Waals surface area contributed by atoms with Crippen molar-refractivity contribution in [3.05, 3.63) is 6.20 Å². The van der Waals surface area contributed by atoms with Crippen LogP contribution in [0.25, 0.3) is 0 Å². The van der Waals surface area contributed by atoms with Crippen molar-refractivity contribution < 1.29 is 0 Å². The third-order valence-electron chi connectivity index (χ3n) is 1.07. The van der Waals surface area contributed by atoms with Crippen LogP contribution >= 0.6 is 11.8 Å². The number of rotatable bonds is 3. The van der Waals surface area contributed by atoms with Crippen molar-refractivity contribution in [3.8, 4) is 0 Å². The molecule has 56 valence electrons. The Morgan fingerprint density at radius 2 is 2.70 bits per heavy atom. The Kier molecular flexibility index (Phi) is 2.70. The van der Waals surface area contributed by atoms with Crippen LogP contribution in [-0.2, 0) is 0 Å². The summed E-state index contributed by atoms with van der Waals surface area (Å²) in [6.45, 7) is 2.04. The summed E-state index contributed by atoms with van der Waals surface area (Å²) < 4.78 is 0. The molecule has 0 saturated heterocycles. The van der Waals surface area contributed by atoms with Gasteiger partial charge in [0.25, 0.3) is 0 Å². The number of aromatic amines is 1. The van der Waals surface area contributed by atoms with Crippen LogP contribution in [0.15, 0.2) is 11.2 Å². The van der Waals surface area contributed by atoms with Crippen molar-refractivity contribution in [2.24, 2.45) is 5.73 Å².